The molecule has 1 heterocycles. The first-order valence-corrected chi connectivity index (χ1v) is 4.93. The fourth-order valence-corrected chi connectivity index (χ4v) is 1.81. The van der Waals surface area contributed by atoms with E-state index in [1.165, 1.54) is 16.2 Å². The Balaban J connectivity index is 2.39. The maximum absolute atomic E-state index is 5.63. The average Bonchev–Trinajstić information content (AvgIpc) is 2.31. The zero-order chi connectivity index (χ0) is 8.27. The Kier molecular flexibility index (Phi) is 3.65. The molecule has 0 fully saturated rings. The van der Waals surface area contributed by atoms with Crippen molar-refractivity contribution in [1.29, 1.82) is 0 Å². The van der Waals surface area contributed by atoms with Gasteiger partial charge in [-0.2, -0.15) is 12.6 Å². The monoisotopic (exact) mass is 208 g/mol. The summed E-state index contributed by atoms with van der Waals surface area (Å²) in [7, 11) is 0. The van der Waals surface area contributed by atoms with Crippen molar-refractivity contribution in [3.05, 3.63) is 15.5 Å². The van der Waals surface area contributed by atoms with Crippen molar-refractivity contribution >= 4 is 35.6 Å². The number of aryl methyl sites for hydroxylation is 1. The zero-order valence-corrected chi connectivity index (χ0v) is 8.29. The number of rotatable bonds is 3. The van der Waals surface area contributed by atoms with Crippen molar-refractivity contribution < 1.29 is 0 Å². The third kappa shape index (κ3) is 3.42. The highest BCUT2D eigenvalue weighted by Gasteiger charge is 2.00. The third-order valence-corrected chi connectivity index (χ3v) is 2.64. The van der Waals surface area contributed by atoms with E-state index < -0.39 is 0 Å². The maximum atomic E-state index is 5.63. The smallest absolute Gasteiger partial charge is 0.183 e. The second-order valence-corrected chi connectivity index (χ2v) is 4.55. The largest absolute Gasteiger partial charge is 0.320 e. The highest BCUT2D eigenvalue weighted by Crippen LogP contribution is 2.19. The van der Waals surface area contributed by atoms with Crippen LogP contribution in [-0.2, 0) is 6.42 Å². The van der Waals surface area contributed by atoms with Gasteiger partial charge in [0.15, 0.2) is 4.47 Å². The number of nitrogens with two attached hydrogens (primary N) is 1. The van der Waals surface area contributed by atoms with Gasteiger partial charge in [-0.25, -0.2) is 4.98 Å². The van der Waals surface area contributed by atoms with E-state index in [-0.39, 0.29) is 5.37 Å². The van der Waals surface area contributed by atoms with Gasteiger partial charge in [-0.1, -0.05) is 11.6 Å². The molecule has 62 valence electrons. The summed E-state index contributed by atoms with van der Waals surface area (Å²) < 4.78 is 0.590. The Bertz CT molecular complexity index is 224. The van der Waals surface area contributed by atoms with Gasteiger partial charge in [-0.15, -0.1) is 11.3 Å². The molecule has 0 aliphatic heterocycles. The average molecular weight is 209 g/mol. The number of thiazole rings is 1. The molecule has 1 unspecified atom stereocenters. The number of thiol groups is 1. The maximum Gasteiger partial charge on any atom is 0.183 e. The minimum Gasteiger partial charge on any atom is -0.320 e. The molecule has 5 heteroatoms. The molecule has 0 amide bonds. The standard InChI is InChI=1S/C6H9ClN2S2/c7-6-9-3-4(11-6)1-2-5(8)10/h3,5,10H,1-2,8H2. The molecule has 1 aromatic heterocycles. The predicted octanol–water partition coefficient (Wildman–Crippen LogP) is 1.94. The minimum absolute atomic E-state index is 0.0455. The molecule has 1 atom stereocenters. The highest BCUT2D eigenvalue weighted by molar-refractivity contribution is 7.80. The van der Waals surface area contributed by atoms with Gasteiger partial charge in [0.05, 0.1) is 0 Å². The summed E-state index contributed by atoms with van der Waals surface area (Å²) in [6.45, 7) is 0. The lowest BCUT2D eigenvalue weighted by atomic mass is 10.3. The van der Waals surface area contributed by atoms with Crippen molar-refractivity contribution in [2.24, 2.45) is 5.73 Å². The molecular weight excluding hydrogens is 200 g/mol. The van der Waals surface area contributed by atoms with Crippen LogP contribution in [-0.4, -0.2) is 10.4 Å². The van der Waals surface area contributed by atoms with Gasteiger partial charge in [0.25, 0.3) is 0 Å². The minimum atomic E-state index is -0.0455. The first-order chi connectivity index (χ1) is 5.18. The zero-order valence-electron chi connectivity index (χ0n) is 5.83. The van der Waals surface area contributed by atoms with Crippen LogP contribution in [0.4, 0.5) is 0 Å². The number of hydrogen-bond acceptors (Lipinski definition) is 4. The number of hydrogen-bond donors (Lipinski definition) is 2. The molecule has 1 aromatic rings. The quantitative estimate of drug-likeness (QED) is 0.589. The predicted molar refractivity (Wildman–Crippen MR) is 52.4 cm³/mol. The lowest BCUT2D eigenvalue weighted by Gasteiger charge is -1.99. The normalized spacial score (nSPS) is 13.4. The highest BCUT2D eigenvalue weighted by atomic mass is 35.5. The lowest BCUT2D eigenvalue weighted by molar-refractivity contribution is 0.798. The van der Waals surface area contributed by atoms with Crippen LogP contribution in [0.1, 0.15) is 11.3 Å². The molecule has 0 aliphatic rings. The number of aromatic nitrogens is 1. The lowest BCUT2D eigenvalue weighted by Crippen LogP contribution is -2.11. The van der Waals surface area contributed by atoms with Crippen molar-refractivity contribution in [3.8, 4) is 0 Å². The summed E-state index contributed by atoms with van der Waals surface area (Å²) in [5.74, 6) is 0. The van der Waals surface area contributed by atoms with E-state index >= 15 is 0 Å². The van der Waals surface area contributed by atoms with E-state index in [1.807, 2.05) is 0 Å². The molecule has 2 nitrogen and oxygen atoms in total. The van der Waals surface area contributed by atoms with Crippen LogP contribution in [0.25, 0.3) is 0 Å². The van der Waals surface area contributed by atoms with Crippen LogP contribution >= 0.6 is 35.6 Å². The van der Waals surface area contributed by atoms with E-state index in [1.54, 1.807) is 6.20 Å². The van der Waals surface area contributed by atoms with E-state index in [2.05, 4.69) is 17.6 Å². The van der Waals surface area contributed by atoms with Gasteiger partial charge < -0.3 is 5.73 Å². The van der Waals surface area contributed by atoms with Crippen LogP contribution in [0.15, 0.2) is 6.20 Å². The van der Waals surface area contributed by atoms with Gasteiger partial charge in [0, 0.05) is 16.4 Å². The van der Waals surface area contributed by atoms with Gasteiger partial charge in [0.2, 0.25) is 0 Å². The van der Waals surface area contributed by atoms with E-state index in [9.17, 15) is 0 Å². The van der Waals surface area contributed by atoms with Crippen molar-refractivity contribution in [3.63, 3.8) is 0 Å². The summed E-state index contributed by atoms with van der Waals surface area (Å²) >= 11 is 11.2. The molecule has 0 bridgehead atoms. The summed E-state index contributed by atoms with van der Waals surface area (Å²) in [6, 6.07) is 0. The van der Waals surface area contributed by atoms with Crippen molar-refractivity contribution in [1.82, 2.24) is 4.98 Å². The van der Waals surface area contributed by atoms with Crippen molar-refractivity contribution in [2.45, 2.75) is 18.2 Å². The fourth-order valence-electron chi connectivity index (χ4n) is 0.689. The number of halogens is 1. The molecule has 0 saturated carbocycles. The molecule has 0 aliphatic carbocycles. The summed E-state index contributed by atoms with van der Waals surface area (Å²) in [4.78, 5) is 5.08. The summed E-state index contributed by atoms with van der Waals surface area (Å²) in [5.41, 5.74) is 5.46. The molecule has 0 radical (unpaired) electrons. The first kappa shape index (κ1) is 9.32. The Morgan fingerprint density at radius 2 is 2.55 bits per heavy atom. The van der Waals surface area contributed by atoms with Crippen LogP contribution in [0.5, 0.6) is 0 Å². The summed E-state index contributed by atoms with van der Waals surface area (Å²) in [6.07, 6.45) is 3.56. The Morgan fingerprint density at radius 3 is 3.00 bits per heavy atom. The van der Waals surface area contributed by atoms with Crippen LogP contribution < -0.4 is 5.73 Å². The Morgan fingerprint density at radius 1 is 1.82 bits per heavy atom. The Labute approximate surface area is 80.2 Å². The Hall–Kier alpha value is 0.230. The summed E-state index contributed by atoms with van der Waals surface area (Å²) in [5, 5.41) is -0.0455. The molecule has 11 heavy (non-hydrogen) atoms. The number of nitrogens with zero attached hydrogens (tertiary/aromatic N) is 1. The second-order valence-electron chi connectivity index (χ2n) is 2.19. The molecule has 2 N–H and O–H groups in total. The van der Waals surface area contributed by atoms with Gasteiger partial charge in [-0.05, 0) is 12.8 Å². The van der Waals surface area contributed by atoms with E-state index in [0.717, 1.165) is 12.8 Å². The SMILES string of the molecule is NC(S)CCc1cnc(Cl)s1. The van der Waals surface area contributed by atoms with E-state index in [0.29, 0.717) is 4.47 Å². The first-order valence-electron chi connectivity index (χ1n) is 3.22. The van der Waals surface area contributed by atoms with Gasteiger partial charge in [0.1, 0.15) is 0 Å². The van der Waals surface area contributed by atoms with Crippen LogP contribution in [0.3, 0.4) is 0 Å². The van der Waals surface area contributed by atoms with E-state index in [4.69, 9.17) is 17.3 Å². The van der Waals surface area contributed by atoms with Crippen LogP contribution in [0, 0.1) is 0 Å². The topological polar surface area (TPSA) is 38.9 Å². The second kappa shape index (κ2) is 4.30. The van der Waals surface area contributed by atoms with Gasteiger partial charge >= 0.3 is 0 Å². The molecule has 0 spiro atoms. The van der Waals surface area contributed by atoms with Crippen LogP contribution in [0.2, 0.25) is 4.47 Å². The van der Waals surface area contributed by atoms with Crippen molar-refractivity contribution in [2.75, 3.05) is 0 Å². The molecule has 1 rings (SSSR count). The van der Waals surface area contributed by atoms with Gasteiger partial charge in [-0.3, -0.25) is 0 Å². The molecular formula is C6H9ClN2S2. The molecule has 0 saturated heterocycles. The third-order valence-electron chi connectivity index (χ3n) is 1.21. The fraction of sp³-hybridized carbons (Fsp3) is 0.500. The molecule has 0 aromatic carbocycles.